The number of aryl methyl sites for hydroxylation is 1. The Morgan fingerprint density at radius 3 is 2.58 bits per heavy atom. The Labute approximate surface area is 153 Å². The van der Waals surface area contributed by atoms with Crippen molar-refractivity contribution in [2.45, 2.75) is 20.3 Å². The van der Waals surface area contributed by atoms with Gasteiger partial charge in [-0.1, -0.05) is 18.2 Å². The number of aromatic nitrogens is 2. The summed E-state index contributed by atoms with van der Waals surface area (Å²) in [4.78, 5) is 17.0. The summed E-state index contributed by atoms with van der Waals surface area (Å²) in [5.41, 5.74) is 3.72. The molecule has 26 heavy (non-hydrogen) atoms. The molecule has 0 aliphatic rings. The third-order valence-corrected chi connectivity index (χ3v) is 4.41. The molecule has 1 amide bonds. The molecule has 0 fully saturated rings. The molecule has 2 heterocycles. The van der Waals surface area contributed by atoms with Crippen LogP contribution in [-0.2, 0) is 6.42 Å². The summed E-state index contributed by atoms with van der Waals surface area (Å²) in [6, 6.07) is 15.5. The minimum Gasteiger partial charge on any atom is -0.497 e. The molecule has 0 spiro atoms. The number of ether oxygens (including phenoxy) is 1. The Hall–Kier alpha value is -3.08. The molecule has 5 nitrogen and oxygen atoms in total. The largest absolute Gasteiger partial charge is 0.497 e. The second-order valence-electron chi connectivity index (χ2n) is 6.16. The average Bonchev–Trinajstić information content (AvgIpc) is 2.97. The molecule has 0 saturated heterocycles. The lowest BCUT2D eigenvalue weighted by Crippen LogP contribution is -2.26. The molecule has 134 valence electrons. The van der Waals surface area contributed by atoms with Gasteiger partial charge in [0.1, 0.15) is 11.6 Å². The molecular weight excluding hydrogens is 326 g/mol. The Morgan fingerprint density at radius 1 is 1.15 bits per heavy atom. The van der Waals surface area contributed by atoms with Crippen LogP contribution in [0.1, 0.15) is 27.3 Å². The van der Waals surface area contributed by atoms with E-state index in [0.29, 0.717) is 12.1 Å². The van der Waals surface area contributed by atoms with Crippen LogP contribution < -0.4 is 10.1 Å². The van der Waals surface area contributed by atoms with Crippen LogP contribution in [0.3, 0.4) is 0 Å². The highest BCUT2D eigenvalue weighted by Crippen LogP contribution is 2.19. The Bertz CT molecular complexity index is 884. The topological polar surface area (TPSA) is 56.1 Å². The third-order valence-electron chi connectivity index (χ3n) is 4.41. The van der Waals surface area contributed by atoms with Crippen molar-refractivity contribution in [1.29, 1.82) is 0 Å². The highest BCUT2D eigenvalue weighted by Gasteiger charge is 2.16. The molecule has 3 rings (SSSR count). The summed E-state index contributed by atoms with van der Waals surface area (Å²) in [5, 5.41) is 3.00. The van der Waals surface area contributed by atoms with Gasteiger partial charge in [0.15, 0.2) is 0 Å². The zero-order valence-corrected chi connectivity index (χ0v) is 15.3. The van der Waals surface area contributed by atoms with Gasteiger partial charge in [0.2, 0.25) is 0 Å². The van der Waals surface area contributed by atoms with E-state index in [0.717, 1.165) is 34.9 Å². The Morgan fingerprint density at radius 2 is 1.92 bits per heavy atom. The van der Waals surface area contributed by atoms with Crippen LogP contribution in [0.25, 0.3) is 5.82 Å². The van der Waals surface area contributed by atoms with Gasteiger partial charge < -0.3 is 14.6 Å². The number of carbonyl (C=O) groups excluding carboxylic acids is 1. The molecule has 1 aromatic carbocycles. The number of methoxy groups -OCH3 is 1. The fourth-order valence-corrected chi connectivity index (χ4v) is 3.04. The predicted octanol–water partition coefficient (Wildman–Crippen LogP) is 3.47. The maximum Gasteiger partial charge on any atom is 0.253 e. The molecule has 0 aliphatic carbocycles. The van der Waals surface area contributed by atoms with Crippen LogP contribution in [0.2, 0.25) is 0 Å². The van der Waals surface area contributed by atoms with Crippen molar-refractivity contribution in [3.8, 4) is 11.6 Å². The summed E-state index contributed by atoms with van der Waals surface area (Å²) in [7, 11) is 1.65. The number of hydrogen-bond acceptors (Lipinski definition) is 3. The standard InChI is InChI=1S/C21H23N3O2/c1-15-14-19(16(2)24(15)20-6-4-5-12-22-20)21(25)23-13-11-17-7-9-18(26-3)10-8-17/h4-10,12,14H,11,13H2,1-3H3,(H,23,25). The molecule has 0 unspecified atom stereocenters. The number of hydrogen-bond donors (Lipinski definition) is 1. The van der Waals surface area contributed by atoms with Crippen LogP contribution in [0, 0.1) is 13.8 Å². The van der Waals surface area contributed by atoms with Gasteiger partial charge in [-0.3, -0.25) is 4.79 Å². The molecule has 0 radical (unpaired) electrons. The maximum atomic E-state index is 12.6. The van der Waals surface area contributed by atoms with Crippen LogP contribution in [0.15, 0.2) is 54.7 Å². The van der Waals surface area contributed by atoms with E-state index in [1.54, 1.807) is 13.3 Å². The minimum absolute atomic E-state index is 0.0613. The van der Waals surface area contributed by atoms with Gasteiger partial charge in [0, 0.05) is 24.1 Å². The van der Waals surface area contributed by atoms with Gasteiger partial charge in [-0.25, -0.2) is 4.98 Å². The van der Waals surface area contributed by atoms with Gasteiger partial charge in [0.25, 0.3) is 5.91 Å². The lowest BCUT2D eigenvalue weighted by atomic mass is 10.1. The molecule has 0 aliphatic heterocycles. The van der Waals surface area contributed by atoms with Crippen molar-refractivity contribution in [1.82, 2.24) is 14.9 Å². The van der Waals surface area contributed by atoms with Crippen LogP contribution >= 0.6 is 0 Å². The van der Waals surface area contributed by atoms with Gasteiger partial charge in [0.05, 0.1) is 12.7 Å². The van der Waals surface area contributed by atoms with Gasteiger partial charge in [-0.15, -0.1) is 0 Å². The monoisotopic (exact) mass is 349 g/mol. The SMILES string of the molecule is COc1ccc(CCNC(=O)c2cc(C)n(-c3ccccn3)c2C)cc1. The first-order valence-electron chi connectivity index (χ1n) is 8.61. The van der Waals surface area contributed by atoms with Crippen molar-refractivity contribution in [2.24, 2.45) is 0 Å². The van der Waals surface area contributed by atoms with Crippen molar-refractivity contribution < 1.29 is 9.53 Å². The zero-order chi connectivity index (χ0) is 18.5. The van der Waals surface area contributed by atoms with E-state index in [1.165, 1.54) is 0 Å². The third kappa shape index (κ3) is 3.77. The smallest absolute Gasteiger partial charge is 0.253 e. The van der Waals surface area contributed by atoms with E-state index in [9.17, 15) is 4.79 Å². The second-order valence-corrected chi connectivity index (χ2v) is 6.16. The molecule has 0 bridgehead atoms. The van der Waals surface area contributed by atoms with Crippen molar-refractivity contribution in [3.05, 3.63) is 77.2 Å². The second kappa shape index (κ2) is 7.87. The van der Waals surface area contributed by atoms with Crippen LogP contribution in [-0.4, -0.2) is 29.1 Å². The minimum atomic E-state index is -0.0613. The molecular formula is C21H23N3O2. The van der Waals surface area contributed by atoms with Crippen molar-refractivity contribution in [3.63, 3.8) is 0 Å². The number of pyridine rings is 1. The van der Waals surface area contributed by atoms with Crippen molar-refractivity contribution in [2.75, 3.05) is 13.7 Å². The van der Waals surface area contributed by atoms with E-state index >= 15 is 0 Å². The summed E-state index contributed by atoms with van der Waals surface area (Å²) in [5.74, 6) is 1.59. The number of benzene rings is 1. The Kier molecular flexibility index (Phi) is 5.37. The molecule has 2 aromatic heterocycles. The van der Waals surface area contributed by atoms with E-state index in [-0.39, 0.29) is 5.91 Å². The lowest BCUT2D eigenvalue weighted by Gasteiger charge is -2.09. The van der Waals surface area contributed by atoms with Crippen LogP contribution in [0.5, 0.6) is 5.75 Å². The van der Waals surface area contributed by atoms with E-state index in [4.69, 9.17) is 4.74 Å². The average molecular weight is 349 g/mol. The first-order chi connectivity index (χ1) is 12.6. The number of amides is 1. The highest BCUT2D eigenvalue weighted by atomic mass is 16.5. The number of nitrogens with zero attached hydrogens (tertiary/aromatic N) is 2. The van der Waals surface area contributed by atoms with E-state index < -0.39 is 0 Å². The number of nitrogens with one attached hydrogen (secondary N) is 1. The van der Waals surface area contributed by atoms with Crippen LogP contribution in [0.4, 0.5) is 0 Å². The normalized spacial score (nSPS) is 10.6. The number of carbonyl (C=O) groups is 1. The zero-order valence-electron chi connectivity index (χ0n) is 15.3. The quantitative estimate of drug-likeness (QED) is 0.741. The Balaban J connectivity index is 1.66. The summed E-state index contributed by atoms with van der Waals surface area (Å²) in [6.07, 6.45) is 2.53. The number of rotatable bonds is 6. The first kappa shape index (κ1) is 17.7. The highest BCUT2D eigenvalue weighted by molar-refractivity contribution is 5.95. The summed E-state index contributed by atoms with van der Waals surface area (Å²) < 4.78 is 7.15. The first-order valence-corrected chi connectivity index (χ1v) is 8.61. The van der Waals surface area contributed by atoms with Gasteiger partial charge in [-0.2, -0.15) is 0 Å². The van der Waals surface area contributed by atoms with Gasteiger partial charge >= 0.3 is 0 Å². The molecule has 0 atom stereocenters. The fraction of sp³-hybridized carbons (Fsp3) is 0.238. The molecule has 3 aromatic rings. The van der Waals surface area contributed by atoms with E-state index in [1.807, 2.05) is 66.9 Å². The maximum absolute atomic E-state index is 12.6. The summed E-state index contributed by atoms with van der Waals surface area (Å²) >= 11 is 0. The summed E-state index contributed by atoms with van der Waals surface area (Å²) in [6.45, 7) is 4.51. The lowest BCUT2D eigenvalue weighted by molar-refractivity contribution is 0.0953. The van der Waals surface area contributed by atoms with Crippen molar-refractivity contribution >= 4 is 5.91 Å². The van der Waals surface area contributed by atoms with E-state index in [2.05, 4.69) is 10.3 Å². The predicted molar refractivity (Wildman–Crippen MR) is 102 cm³/mol. The molecule has 0 saturated carbocycles. The molecule has 5 heteroatoms. The van der Waals surface area contributed by atoms with Gasteiger partial charge in [-0.05, 0) is 56.2 Å². The molecule has 1 N–H and O–H groups in total. The fourth-order valence-electron chi connectivity index (χ4n) is 3.04.